The minimum atomic E-state index is -0.0487. The van der Waals surface area contributed by atoms with Crippen LogP contribution in [0.4, 0.5) is 0 Å². The van der Waals surface area contributed by atoms with Gasteiger partial charge in [-0.15, -0.1) is 0 Å². The second kappa shape index (κ2) is 5.13. The Labute approximate surface area is 88.1 Å². The highest BCUT2D eigenvalue weighted by Crippen LogP contribution is 2.28. The van der Waals surface area contributed by atoms with E-state index in [0.29, 0.717) is 0 Å². The van der Waals surface area contributed by atoms with Gasteiger partial charge in [-0.1, -0.05) is 13.8 Å². The molecule has 0 aromatic heterocycles. The fourth-order valence-corrected chi connectivity index (χ4v) is 1.54. The molecule has 0 bridgehead atoms. The predicted octanol–water partition coefficient (Wildman–Crippen LogP) is 2.17. The van der Waals surface area contributed by atoms with E-state index in [0.717, 1.165) is 24.8 Å². The molecule has 0 aliphatic heterocycles. The molecule has 2 heteroatoms. The number of rotatable bonds is 7. The van der Waals surface area contributed by atoms with Crippen molar-refractivity contribution in [2.24, 2.45) is 11.8 Å². The monoisotopic (exact) mass is 199 g/mol. The second-order valence-corrected chi connectivity index (χ2v) is 5.48. The van der Waals surface area contributed by atoms with Crippen LogP contribution in [0.2, 0.25) is 0 Å². The summed E-state index contributed by atoms with van der Waals surface area (Å²) < 4.78 is 0. The average molecular weight is 199 g/mol. The largest absolute Gasteiger partial charge is 0.394 e. The summed E-state index contributed by atoms with van der Waals surface area (Å²) in [5, 5.41) is 12.9. The fraction of sp³-hybridized carbons (Fsp3) is 1.00. The molecule has 0 spiro atoms. The van der Waals surface area contributed by atoms with E-state index in [4.69, 9.17) is 0 Å². The molecule has 0 saturated heterocycles. The van der Waals surface area contributed by atoms with E-state index in [1.807, 2.05) is 0 Å². The van der Waals surface area contributed by atoms with Crippen molar-refractivity contribution in [2.45, 2.75) is 52.0 Å². The van der Waals surface area contributed by atoms with E-state index in [-0.39, 0.29) is 12.1 Å². The number of hydrogen-bond donors (Lipinski definition) is 2. The van der Waals surface area contributed by atoms with Crippen LogP contribution in [0, 0.1) is 11.8 Å². The van der Waals surface area contributed by atoms with E-state index in [1.54, 1.807) is 0 Å². The van der Waals surface area contributed by atoms with Crippen LogP contribution in [-0.2, 0) is 0 Å². The zero-order valence-corrected chi connectivity index (χ0v) is 9.84. The van der Waals surface area contributed by atoms with Gasteiger partial charge >= 0.3 is 0 Å². The summed E-state index contributed by atoms with van der Waals surface area (Å²) in [4.78, 5) is 0. The summed E-state index contributed by atoms with van der Waals surface area (Å²) in [6.07, 6.45) is 5.01. The number of hydrogen-bond acceptors (Lipinski definition) is 2. The minimum Gasteiger partial charge on any atom is -0.394 e. The summed E-state index contributed by atoms with van der Waals surface area (Å²) in [6.45, 7) is 7.96. The van der Waals surface area contributed by atoms with Crippen LogP contribution < -0.4 is 5.32 Å². The molecule has 1 aliphatic carbocycles. The van der Waals surface area contributed by atoms with Gasteiger partial charge in [0.05, 0.1) is 6.61 Å². The molecule has 0 heterocycles. The Hall–Kier alpha value is -0.0800. The molecule has 0 aromatic rings. The number of aliphatic hydroxyl groups excluding tert-OH is 1. The molecule has 2 nitrogen and oxygen atoms in total. The lowest BCUT2D eigenvalue weighted by Crippen LogP contribution is -2.46. The Morgan fingerprint density at radius 1 is 1.43 bits per heavy atom. The van der Waals surface area contributed by atoms with Crippen molar-refractivity contribution in [1.82, 2.24) is 5.32 Å². The lowest BCUT2D eigenvalue weighted by Gasteiger charge is -2.29. The summed E-state index contributed by atoms with van der Waals surface area (Å²) in [6, 6.07) is 0. The van der Waals surface area contributed by atoms with Crippen molar-refractivity contribution >= 4 is 0 Å². The van der Waals surface area contributed by atoms with E-state index in [9.17, 15) is 5.11 Å². The van der Waals surface area contributed by atoms with Crippen molar-refractivity contribution in [3.05, 3.63) is 0 Å². The van der Waals surface area contributed by atoms with Crippen LogP contribution in [-0.4, -0.2) is 23.8 Å². The number of aliphatic hydroxyl groups is 1. The van der Waals surface area contributed by atoms with Gasteiger partial charge in [0.15, 0.2) is 0 Å². The third-order valence-electron chi connectivity index (χ3n) is 3.14. The molecule has 1 fully saturated rings. The lowest BCUT2D eigenvalue weighted by molar-refractivity contribution is 0.158. The first-order chi connectivity index (χ1) is 6.56. The van der Waals surface area contributed by atoms with Gasteiger partial charge in [-0.2, -0.15) is 0 Å². The van der Waals surface area contributed by atoms with Gasteiger partial charge in [-0.3, -0.25) is 0 Å². The van der Waals surface area contributed by atoms with Gasteiger partial charge in [-0.25, -0.2) is 0 Å². The summed E-state index contributed by atoms with van der Waals surface area (Å²) in [5.41, 5.74) is -0.0487. The van der Waals surface area contributed by atoms with Crippen LogP contribution in [0.15, 0.2) is 0 Å². The molecule has 84 valence electrons. The lowest BCUT2D eigenvalue weighted by atomic mass is 9.92. The maximum Gasteiger partial charge on any atom is 0.0610 e. The smallest absolute Gasteiger partial charge is 0.0610 e. The van der Waals surface area contributed by atoms with Crippen LogP contribution in [0.1, 0.15) is 46.5 Å². The maximum absolute atomic E-state index is 9.37. The van der Waals surface area contributed by atoms with Gasteiger partial charge in [0.25, 0.3) is 0 Å². The zero-order valence-electron chi connectivity index (χ0n) is 9.84. The van der Waals surface area contributed by atoms with Crippen LogP contribution in [0.3, 0.4) is 0 Å². The highest BCUT2D eigenvalue weighted by Gasteiger charge is 2.27. The molecule has 1 saturated carbocycles. The topological polar surface area (TPSA) is 32.3 Å². The summed E-state index contributed by atoms with van der Waals surface area (Å²) in [5.74, 6) is 1.61. The van der Waals surface area contributed by atoms with Crippen molar-refractivity contribution in [2.75, 3.05) is 13.2 Å². The van der Waals surface area contributed by atoms with Crippen LogP contribution in [0.5, 0.6) is 0 Å². The molecule has 1 rings (SSSR count). The summed E-state index contributed by atoms with van der Waals surface area (Å²) >= 11 is 0. The molecule has 1 atom stereocenters. The highest BCUT2D eigenvalue weighted by atomic mass is 16.3. The maximum atomic E-state index is 9.37. The van der Waals surface area contributed by atoms with E-state index < -0.39 is 0 Å². The second-order valence-electron chi connectivity index (χ2n) is 5.48. The van der Waals surface area contributed by atoms with Crippen molar-refractivity contribution < 1.29 is 5.11 Å². The van der Waals surface area contributed by atoms with Gasteiger partial charge in [0.1, 0.15) is 0 Å². The van der Waals surface area contributed by atoms with Gasteiger partial charge in [0, 0.05) is 5.54 Å². The molecule has 2 N–H and O–H groups in total. The van der Waals surface area contributed by atoms with Gasteiger partial charge in [0.2, 0.25) is 0 Å². The van der Waals surface area contributed by atoms with E-state index in [2.05, 4.69) is 26.1 Å². The Morgan fingerprint density at radius 2 is 2.07 bits per heavy atom. The molecule has 0 aromatic carbocycles. The van der Waals surface area contributed by atoms with Crippen molar-refractivity contribution in [3.8, 4) is 0 Å². The predicted molar refractivity (Wildman–Crippen MR) is 60.3 cm³/mol. The SMILES string of the molecule is CC(C)CCC(C)(CO)NCC1CC1. The first kappa shape index (κ1) is 12.0. The Kier molecular flexibility index (Phi) is 4.39. The Bertz CT molecular complexity index is 158. The average Bonchev–Trinajstić information content (AvgIpc) is 2.95. The third kappa shape index (κ3) is 4.43. The van der Waals surface area contributed by atoms with Crippen LogP contribution in [0.25, 0.3) is 0 Å². The van der Waals surface area contributed by atoms with Crippen LogP contribution >= 0.6 is 0 Å². The Balaban J connectivity index is 2.22. The number of nitrogens with one attached hydrogen (secondary N) is 1. The van der Waals surface area contributed by atoms with E-state index >= 15 is 0 Å². The van der Waals surface area contributed by atoms with Gasteiger partial charge < -0.3 is 10.4 Å². The molecule has 1 aliphatic rings. The molecule has 0 amide bonds. The molecule has 14 heavy (non-hydrogen) atoms. The normalized spacial score (nSPS) is 21.2. The molecule has 1 unspecified atom stereocenters. The van der Waals surface area contributed by atoms with E-state index in [1.165, 1.54) is 19.3 Å². The van der Waals surface area contributed by atoms with Crippen molar-refractivity contribution in [3.63, 3.8) is 0 Å². The Morgan fingerprint density at radius 3 is 2.50 bits per heavy atom. The van der Waals surface area contributed by atoms with Crippen molar-refractivity contribution in [1.29, 1.82) is 0 Å². The first-order valence-electron chi connectivity index (χ1n) is 5.91. The molecular weight excluding hydrogens is 174 g/mol. The van der Waals surface area contributed by atoms with Gasteiger partial charge in [-0.05, 0) is 51.0 Å². The highest BCUT2D eigenvalue weighted by molar-refractivity contribution is 4.86. The molecule has 0 radical (unpaired) electrons. The zero-order chi connectivity index (χ0) is 10.6. The summed E-state index contributed by atoms with van der Waals surface area (Å²) in [7, 11) is 0. The molecular formula is C12H25NO. The quantitative estimate of drug-likeness (QED) is 0.658. The fourth-order valence-electron chi connectivity index (χ4n) is 1.54. The standard InChI is InChI=1S/C12H25NO/c1-10(2)6-7-12(3,9-14)13-8-11-4-5-11/h10-11,13-14H,4-9H2,1-3H3. The third-order valence-corrected chi connectivity index (χ3v) is 3.14. The first-order valence-corrected chi connectivity index (χ1v) is 5.91. The minimum absolute atomic E-state index is 0.0487.